The predicted molar refractivity (Wildman–Crippen MR) is 59.8 cm³/mol. The van der Waals surface area contributed by atoms with Crippen LogP contribution in [0.3, 0.4) is 0 Å². The van der Waals surface area contributed by atoms with Gasteiger partial charge in [0.2, 0.25) is 0 Å². The van der Waals surface area contributed by atoms with Gasteiger partial charge in [0, 0.05) is 13.1 Å². The third kappa shape index (κ3) is 1.58. The molecule has 15 heavy (non-hydrogen) atoms. The first-order chi connectivity index (χ1) is 7.43. The van der Waals surface area contributed by atoms with Crippen LogP contribution >= 0.6 is 0 Å². The summed E-state index contributed by atoms with van der Waals surface area (Å²) in [5.41, 5.74) is 1.82. The molecule has 3 heteroatoms. The average Bonchev–Trinajstić information content (AvgIpc) is 2.74. The minimum absolute atomic E-state index is 0.768. The molecule has 1 saturated heterocycles. The standard InChI is InChI=1S/C12H13N2O/c1-4-8-14(9-5-1)12-13-10-6-2-3-7-11(10)15-12/h1-3,6-7H,4-5,8-9H2. The summed E-state index contributed by atoms with van der Waals surface area (Å²) in [4.78, 5) is 6.69. The van der Waals surface area contributed by atoms with Crippen molar-refractivity contribution in [3.8, 4) is 0 Å². The summed E-state index contributed by atoms with van der Waals surface area (Å²) in [6, 6.07) is 8.67. The molecule has 1 fully saturated rings. The molecule has 2 heterocycles. The zero-order valence-corrected chi connectivity index (χ0v) is 8.52. The SMILES string of the molecule is [CH]1CCN(c2nc3ccccc3o2)CC1. The maximum Gasteiger partial charge on any atom is 0.298 e. The second-order valence-electron chi connectivity index (χ2n) is 3.82. The first kappa shape index (κ1) is 8.77. The molecule has 1 aromatic carbocycles. The lowest BCUT2D eigenvalue weighted by atomic mass is 10.1. The van der Waals surface area contributed by atoms with Gasteiger partial charge in [-0.3, -0.25) is 0 Å². The molecule has 0 amide bonds. The molecule has 1 radical (unpaired) electrons. The Morgan fingerprint density at radius 2 is 1.93 bits per heavy atom. The van der Waals surface area contributed by atoms with Gasteiger partial charge in [0.15, 0.2) is 5.58 Å². The molecule has 0 bridgehead atoms. The van der Waals surface area contributed by atoms with Crippen molar-refractivity contribution in [2.45, 2.75) is 12.8 Å². The number of oxazole rings is 1. The van der Waals surface area contributed by atoms with Gasteiger partial charge in [-0.2, -0.15) is 4.98 Å². The van der Waals surface area contributed by atoms with E-state index in [1.54, 1.807) is 0 Å². The van der Waals surface area contributed by atoms with Crippen molar-refractivity contribution in [3.05, 3.63) is 30.7 Å². The molecule has 1 aliphatic heterocycles. The van der Waals surface area contributed by atoms with Gasteiger partial charge in [-0.1, -0.05) is 12.1 Å². The molecule has 1 aliphatic rings. The Morgan fingerprint density at radius 1 is 1.13 bits per heavy atom. The lowest BCUT2D eigenvalue weighted by molar-refractivity contribution is 0.545. The summed E-state index contributed by atoms with van der Waals surface area (Å²) in [5, 5.41) is 0. The van der Waals surface area contributed by atoms with Crippen LogP contribution in [-0.4, -0.2) is 18.1 Å². The highest BCUT2D eigenvalue weighted by molar-refractivity contribution is 5.74. The van der Waals surface area contributed by atoms with E-state index in [-0.39, 0.29) is 0 Å². The van der Waals surface area contributed by atoms with E-state index in [2.05, 4.69) is 16.3 Å². The van der Waals surface area contributed by atoms with Crippen LogP contribution in [0.5, 0.6) is 0 Å². The Labute approximate surface area is 88.7 Å². The average molecular weight is 201 g/mol. The summed E-state index contributed by atoms with van der Waals surface area (Å²) in [6.45, 7) is 2.04. The molecule has 2 aromatic rings. The number of fused-ring (bicyclic) bond motifs is 1. The number of nitrogens with zero attached hydrogens (tertiary/aromatic N) is 2. The Kier molecular flexibility index (Phi) is 2.09. The van der Waals surface area contributed by atoms with E-state index < -0.39 is 0 Å². The molecular formula is C12H13N2O. The van der Waals surface area contributed by atoms with Crippen LogP contribution in [0, 0.1) is 6.42 Å². The minimum atomic E-state index is 0.768. The second kappa shape index (κ2) is 3.57. The predicted octanol–water partition coefficient (Wildman–Crippen LogP) is 2.63. The van der Waals surface area contributed by atoms with E-state index >= 15 is 0 Å². The zero-order chi connectivity index (χ0) is 10.1. The van der Waals surface area contributed by atoms with E-state index in [0.717, 1.165) is 43.0 Å². The number of hydrogen-bond donors (Lipinski definition) is 0. The Hall–Kier alpha value is -1.51. The Bertz CT molecular complexity index is 424. The van der Waals surface area contributed by atoms with E-state index in [1.165, 1.54) is 0 Å². The fourth-order valence-corrected chi connectivity index (χ4v) is 1.94. The Balaban J connectivity index is 1.96. The van der Waals surface area contributed by atoms with Crippen molar-refractivity contribution in [2.75, 3.05) is 18.0 Å². The quantitative estimate of drug-likeness (QED) is 0.710. The zero-order valence-electron chi connectivity index (χ0n) is 8.52. The van der Waals surface area contributed by atoms with Crippen LogP contribution < -0.4 is 4.90 Å². The van der Waals surface area contributed by atoms with Crippen molar-refractivity contribution in [1.82, 2.24) is 4.98 Å². The van der Waals surface area contributed by atoms with Gasteiger partial charge in [0.25, 0.3) is 6.01 Å². The molecule has 3 rings (SSSR count). The van der Waals surface area contributed by atoms with Gasteiger partial charge >= 0.3 is 0 Å². The van der Waals surface area contributed by atoms with Gasteiger partial charge in [0.1, 0.15) is 5.52 Å². The maximum atomic E-state index is 5.71. The van der Waals surface area contributed by atoms with Crippen LogP contribution in [0.25, 0.3) is 11.1 Å². The third-order valence-electron chi connectivity index (χ3n) is 2.76. The highest BCUT2D eigenvalue weighted by Crippen LogP contribution is 2.23. The van der Waals surface area contributed by atoms with Crippen LogP contribution in [-0.2, 0) is 0 Å². The summed E-state index contributed by atoms with van der Waals surface area (Å²) >= 11 is 0. The van der Waals surface area contributed by atoms with Crippen LogP contribution in [0.2, 0.25) is 0 Å². The monoisotopic (exact) mass is 201 g/mol. The van der Waals surface area contributed by atoms with Crippen LogP contribution in [0.1, 0.15) is 12.8 Å². The topological polar surface area (TPSA) is 29.3 Å². The van der Waals surface area contributed by atoms with Gasteiger partial charge in [-0.25, -0.2) is 0 Å². The van der Waals surface area contributed by atoms with Crippen molar-refractivity contribution in [3.63, 3.8) is 0 Å². The molecule has 3 nitrogen and oxygen atoms in total. The van der Waals surface area contributed by atoms with Gasteiger partial charge in [-0.05, 0) is 31.4 Å². The lowest BCUT2D eigenvalue weighted by Crippen LogP contribution is -2.29. The van der Waals surface area contributed by atoms with E-state index in [9.17, 15) is 0 Å². The first-order valence-electron chi connectivity index (χ1n) is 5.36. The number of rotatable bonds is 1. The molecule has 1 aromatic heterocycles. The normalized spacial score (nSPS) is 17.2. The molecule has 0 spiro atoms. The summed E-state index contributed by atoms with van der Waals surface area (Å²) < 4.78 is 5.71. The molecule has 0 aliphatic carbocycles. The molecular weight excluding hydrogens is 188 g/mol. The summed E-state index contributed by atoms with van der Waals surface area (Å²) in [7, 11) is 0. The van der Waals surface area contributed by atoms with E-state index in [4.69, 9.17) is 4.42 Å². The summed E-state index contributed by atoms with van der Waals surface area (Å²) in [5.74, 6) is 0. The molecule has 0 N–H and O–H groups in total. The number of para-hydroxylation sites is 2. The van der Waals surface area contributed by atoms with Crippen molar-refractivity contribution in [2.24, 2.45) is 0 Å². The minimum Gasteiger partial charge on any atom is -0.423 e. The molecule has 0 unspecified atom stereocenters. The number of piperidine rings is 1. The number of hydrogen-bond acceptors (Lipinski definition) is 3. The highest BCUT2D eigenvalue weighted by atomic mass is 16.4. The largest absolute Gasteiger partial charge is 0.423 e. The molecule has 77 valence electrons. The highest BCUT2D eigenvalue weighted by Gasteiger charge is 2.16. The number of anilines is 1. The van der Waals surface area contributed by atoms with Crippen LogP contribution in [0.15, 0.2) is 28.7 Å². The molecule has 0 saturated carbocycles. The fourth-order valence-electron chi connectivity index (χ4n) is 1.94. The van der Waals surface area contributed by atoms with E-state index in [0.29, 0.717) is 0 Å². The first-order valence-corrected chi connectivity index (χ1v) is 5.36. The van der Waals surface area contributed by atoms with Crippen molar-refractivity contribution in [1.29, 1.82) is 0 Å². The number of benzene rings is 1. The fraction of sp³-hybridized carbons (Fsp3) is 0.333. The van der Waals surface area contributed by atoms with E-state index in [1.807, 2.05) is 24.3 Å². The van der Waals surface area contributed by atoms with Crippen molar-refractivity contribution >= 4 is 17.1 Å². The van der Waals surface area contributed by atoms with Crippen molar-refractivity contribution < 1.29 is 4.42 Å². The summed E-state index contributed by atoms with van der Waals surface area (Å²) in [6.07, 6.45) is 4.57. The third-order valence-corrected chi connectivity index (χ3v) is 2.76. The Morgan fingerprint density at radius 3 is 2.73 bits per heavy atom. The number of aromatic nitrogens is 1. The second-order valence-corrected chi connectivity index (χ2v) is 3.82. The van der Waals surface area contributed by atoms with Gasteiger partial charge in [-0.15, -0.1) is 0 Å². The van der Waals surface area contributed by atoms with Gasteiger partial charge in [0.05, 0.1) is 0 Å². The van der Waals surface area contributed by atoms with Gasteiger partial charge < -0.3 is 9.32 Å². The maximum absolute atomic E-state index is 5.71. The van der Waals surface area contributed by atoms with Crippen LogP contribution in [0.4, 0.5) is 6.01 Å². The molecule has 0 atom stereocenters. The lowest BCUT2D eigenvalue weighted by Gasteiger charge is -2.24. The smallest absolute Gasteiger partial charge is 0.298 e.